The minimum Gasteiger partial charge on any atom is -0.298 e. The molecule has 7 heteroatoms. The van der Waals surface area contributed by atoms with Crippen molar-refractivity contribution in [1.82, 2.24) is 10.3 Å². The van der Waals surface area contributed by atoms with Crippen molar-refractivity contribution in [2.75, 3.05) is 18.6 Å². The number of hydrazine groups is 1. The molecule has 0 bridgehead atoms. The number of nitrogens with zero attached hydrogens (tertiary/aromatic N) is 1. The normalized spacial score (nSPS) is 21.1. The van der Waals surface area contributed by atoms with Gasteiger partial charge >= 0.3 is 0 Å². The van der Waals surface area contributed by atoms with E-state index in [1.807, 2.05) is 24.1 Å². The standard InChI is InChI=1S/C13H19N3O3S/c1-16(11-6-7-20(18,19)9-11)8-10-4-2-3-5-12(10)13(17)15-14/h2-5,11H,6-9,14H2,1H3,(H,15,17). The molecule has 1 aliphatic heterocycles. The zero-order chi connectivity index (χ0) is 14.8. The summed E-state index contributed by atoms with van der Waals surface area (Å²) in [6.07, 6.45) is 0.643. The summed E-state index contributed by atoms with van der Waals surface area (Å²) in [5, 5.41) is 0. The molecule has 1 atom stereocenters. The van der Waals surface area contributed by atoms with Crippen LogP contribution in [-0.4, -0.2) is 43.8 Å². The molecule has 1 aromatic carbocycles. The van der Waals surface area contributed by atoms with Crippen LogP contribution in [-0.2, 0) is 16.4 Å². The fraction of sp³-hybridized carbons (Fsp3) is 0.462. The summed E-state index contributed by atoms with van der Waals surface area (Å²) in [6.45, 7) is 0.518. The van der Waals surface area contributed by atoms with Crippen LogP contribution >= 0.6 is 0 Å². The van der Waals surface area contributed by atoms with E-state index in [-0.39, 0.29) is 23.5 Å². The maximum absolute atomic E-state index is 11.7. The predicted molar refractivity (Wildman–Crippen MR) is 76.6 cm³/mol. The van der Waals surface area contributed by atoms with Gasteiger partial charge in [-0.25, -0.2) is 14.3 Å². The van der Waals surface area contributed by atoms with Crippen molar-refractivity contribution in [3.8, 4) is 0 Å². The van der Waals surface area contributed by atoms with Gasteiger partial charge in [-0.3, -0.25) is 15.1 Å². The van der Waals surface area contributed by atoms with E-state index in [4.69, 9.17) is 5.84 Å². The van der Waals surface area contributed by atoms with Crippen LogP contribution in [0.4, 0.5) is 0 Å². The van der Waals surface area contributed by atoms with E-state index in [1.165, 1.54) is 0 Å². The van der Waals surface area contributed by atoms with Crippen molar-refractivity contribution < 1.29 is 13.2 Å². The number of nitrogen functional groups attached to an aromatic ring is 1. The van der Waals surface area contributed by atoms with Crippen LogP contribution in [0.5, 0.6) is 0 Å². The highest BCUT2D eigenvalue weighted by Crippen LogP contribution is 2.19. The Hall–Kier alpha value is -1.44. The second kappa shape index (κ2) is 5.90. The lowest BCUT2D eigenvalue weighted by molar-refractivity contribution is 0.0951. The van der Waals surface area contributed by atoms with Crippen LogP contribution in [0.15, 0.2) is 24.3 Å². The molecule has 1 fully saturated rings. The number of hydrogen-bond donors (Lipinski definition) is 2. The van der Waals surface area contributed by atoms with Gasteiger partial charge in [0.1, 0.15) is 0 Å². The van der Waals surface area contributed by atoms with Gasteiger partial charge < -0.3 is 0 Å². The van der Waals surface area contributed by atoms with Crippen molar-refractivity contribution in [3.63, 3.8) is 0 Å². The van der Waals surface area contributed by atoms with Gasteiger partial charge in [0.15, 0.2) is 9.84 Å². The molecule has 1 aliphatic rings. The molecule has 0 aliphatic carbocycles. The number of nitrogens with two attached hydrogens (primary N) is 1. The van der Waals surface area contributed by atoms with E-state index < -0.39 is 9.84 Å². The molecule has 6 nitrogen and oxygen atoms in total. The van der Waals surface area contributed by atoms with Gasteiger partial charge in [0.2, 0.25) is 0 Å². The third-order valence-electron chi connectivity index (χ3n) is 3.64. The molecule has 0 aromatic heterocycles. The largest absolute Gasteiger partial charge is 0.298 e. The number of amides is 1. The van der Waals surface area contributed by atoms with Crippen LogP contribution in [0.25, 0.3) is 0 Å². The van der Waals surface area contributed by atoms with Gasteiger partial charge in [-0.05, 0) is 25.1 Å². The van der Waals surface area contributed by atoms with Gasteiger partial charge in [-0.15, -0.1) is 0 Å². The monoisotopic (exact) mass is 297 g/mol. The number of sulfone groups is 1. The van der Waals surface area contributed by atoms with Crippen molar-refractivity contribution in [3.05, 3.63) is 35.4 Å². The quantitative estimate of drug-likeness (QED) is 0.460. The molecule has 1 unspecified atom stereocenters. The molecule has 1 saturated heterocycles. The van der Waals surface area contributed by atoms with E-state index in [0.717, 1.165) is 5.56 Å². The highest BCUT2D eigenvalue weighted by molar-refractivity contribution is 7.91. The maximum Gasteiger partial charge on any atom is 0.265 e. The lowest BCUT2D eigenvalue weighted by Crippen LogP contribution is -2.34. The van der Waals surface area contributed by atoms with Gasteiger partial charge in [0.25, 0.3) is 5.91 Å². The van der Waals surface area contributed by atoms with E-state index in [1.54, 1.807) is 12.1 Å². The summed E-state index contributed by atoms with van der Waals surface area (Å²) in [4.78, 5) is 13.7. The zero-order valence-corrected chi connectivity index (χ0v) is 12.2. The second-order valence-corrected chi connectivity index (χ2v) is 7.33. The fourth-order valence-electron chi connectivity index (χ4n) is 2.48. The van der Waals surface area contributed by atoms with Crippen LogP contribution < -0.4 is 11.3 Å². The molecule has 0 saturated carbocycles. The first-order valence-electron chi connectivity index (χ1n) is 6.42. The lowest BCUT2D eigenvalue weighted by Gasteiger charge is -2.24. The molecule has 20 heavy (non-hydrogen) atoms. The third-order valence-corrected chi connectivity index (χ3v) is 5.39. The van der Waals surface area contributed by atoms with Crippen LogP contribution in [0.1, 0.15) is 22.3 Å². The fourth-order valence-corrected chi connectivity index (χ4v) is 4.28. The van der Waals surface area contributed by atoms with Crippen LogP contribution in [0, 0.1) is 0 Å². The summed E-state index contributed by atoms with van der Waals surface area (Å²) in [5.74, 6) is 5.26. The number of carbonyl (C=O) groups excluding carboxylic acids is 1. The number of hydrogen-bond acceptors (Lipinski definition) is 5. The Morgan fingerprint density at radius 1 is 1.45 bits per heavy atom. The molecule has 2 rings (SSSR count). The molecule has 1 aromatic rings. The lowest BCUT2D eigenvalue weighted by atomic mass is 10.1. The molecule has 110 valence electrons. The first kappa shape index (κ1) is 15.0. The summed E-state index contributed by atoms with van der Waals surface area (Å²) in [7, 11) is -1.03. The van der Waals surface area contributed by atoms with Gasteiger partial charge in [0, 0.05) is 18.2 Å². The van der Waals surface area contributed by atoms with E-state index >= 15 is 0 Å². The summed E-state index contributed by atoms with van der Waals surface area (Å²) in [6, 6.07) is 7.19. The maximum atomic E-state index is 11.7. The van der Waals surface area contributed by atoms with Gasteiger partial charge in [0.05, 0.1) is 11.5 Å². The van der Waals surface area contributed by atoms with Crippen molar-refractivity contribution in [2.24, 2.45) is 5.84 Å². The molecule has 0 radical (unpaired) electrons. The Balaban J connectivity index is 2.12. The summed E-state index contributed by atoms with van der Waals surface area (Å²) < 4.78 is 23.0. The van der Waals surface area contributed by atoms with Crippen molar-refractivity contribution >= 4 is 15.7 Å². The SMILES string of the molecule is CN(Cc1ccccc1C(=O)NN)C1CCS(=O)(=O)C1. The average Bonchev–Trinajstić information content (AvgIpc) is 2.79. The molecule has 0 spiro atoms. The number of benzene rings is 1. The summed E-state index contributed by atoms with van der Waals surface area (Å²) >= 11 is 0. The number of nitrogens with one attached hydrogen (secondary N) is 1. The number of carbonyl (C=O) groups is 1. The van der Waals surface area contributed by atoms with Crippen LogP contribution in [0.2, 0.25) is 0 Å². The van der Waals surface area contributed by atoms with Crippen molar-refractivity contribution in [1.29, 1.82) is 0 Å². The Labute approximate surface area is 118 Å². The Morgan fingerprint density at radius 3 is 2.75 bits per heavy atom. The first-order valence-corrected chi connectivity index (χ1v) is 8.24. The second-order valence-electron chi connectivity index (χ2n) is 5.10. The first-order chi connectivity index (χ1) is 9.43. The average molecular weight is 297 g/mol. The van der Waals surface area contributed by atoms with Gasteiger partial charge in [-0.2, -0.15) is 0 Å². The predicted octanol–water partition coefficient (Wildman–Crippen LogP) is -0.0910. The molecule has 1 heterocycles. The molecular formula is C13H19N3O3S. The Kier molecular flexibility index (Phi) is 4.42. The van der Waals surface area contributed by atoms with Gasteiger partial charge in [-0.1, -0.05) is 18.2 Å². The minimum atomic E-state index is -2.90. The van der Waals surface area contributed by atoms with E-state index in [0.29, 0.717) is 18.5 Å². The molecule has 1 amide bonds. The molecular weight excluding hydrogens is 278 g/mol. The van der Waals surface area contributed by atoms with Crippen molar-refractivity contribution in [2.45, 2.75) is 19.0 Å². The highest BCUT2D eigenvalue weighted by Gasteiger charge is 2.30. The minimum absolute atomic E-state index is 0.00833. The zero-order valence-electron chi connectivity index (χ0n) is 11.4. The Morgan fingerprint density at radius 2 is 2.15 bits per heavy atom. The third kappa shape index (κ3) is 3.36. The van der Waals surface area contributed by atoms with E-state index in [2.05, 4.69) is 5.43 Å². The Bertz CT molecular complexity index is 601. The topological polar surface area (TPSA) is 92.5 Å². The number of rotatable bonds is 4. The summed E-state index contributed by atoms with van der Waals surface area (Å²) in [5.41, 5.74) is 3.48. The molecule has 3 N–H and O–H groups in total. The van der Waals surface area contributed by atoms with E-state index in [9.17, 15) is 13.2 Å². The van der Waals surface area contributed by atoms with Crippen LogP contribution in [0.3, 0.4) is 0 Å². The highest BCUT2D eigenvalue weighted by atomic mass is 32.2. The smallest absolute Gasteiger partial charge is 0.265 e.